The van der Waals surface area contributed by atoms with E-state index in [2.05, 4.69) is 0 Å². The minimum absolute atomic E-state index is 0.0640. The highest BCUT2D eigenvalue weighted by atomic mass is 16.4. The van der Waals surface area contributed by atoms with E-state index in [1.807, 2.05) is 0 Å². The fourth-order valence-corrected chi connectivity index (χ4v) is 4.02. The lowest BCUT2D eigenvalue weighted by Crippen LogP contribution is -2.47. The molecule has 0 saturated carbocycles. The molecule has 0 aromatic carbocycles. The molecule has 14 nitrogen and oxygen atoms in total. The predicted molar refractivity (Wildman–Crippen MR) is 117 cm³/mol. The highest BCUT2D eigenvalue weighted by molar-refractivity contribution is 5.70. The first-order valence-corrected chi connectivity index (χ1v) is 10.9. The van der Waals surface area contributed by atoms with Gasteiger partial charge in [0, 0.05) is 52.4 Å². The molecule has 0 amide bonds. The van der Waals surface area contributed by atoms with Gasteiger partial charge in [-0.3, -0.25) is 43.6 Å². The van der Waals surface area contributed by atoms with Gasteiger partial charge in [0.05, 0.1) is 32.6 Å². The molecule has 1 rings (SSSR count). The molecule has 1 fully saturated rings. The van der Waals surface area contributed by atoms with E-state index in [0.717, 1.165) is 0 Å². The first kappa shape index (κ1) is 29.2. The molecule has 0 radical (unpaired) electrons. The summed E-state index contributed by atoms with van der Waals surface area (Å²) in [7, 11) is 0. The molecule has 0 bridgehead atoms. The third-order valence-electron chi connectivity index (χ3n) is 5.35. The summed E-state index contributed by atoms with van der Waals surface area (Å²) in [6, 6.07) is 0. The van der Waals surface area contributed by atoms with Crippen molar-refractivity contribution in [3.05, 3.63) is 0 Å². The van der Waals surface area contributed by atoms with Gasteiger partial charge in [-0.05, 0) is 12.3 Å². The number of rotatable bonds is 10. The number of aliphatic carboxylic acids is 5. The minimum atomic E-state index is -1.12. The van der Waals surface area contributed by atoms with Gasteiger partial charge in [0.15, 0.2) is 0 Å². The fourth-order valence-electron chi connectivity index (χ4n) is 4.02. The summed E-state index contributed by atoms with van der Waals surface area (Å²) in [5, 5.41) is 46.3. The third kappa shape index (κ3) is 13.7. The second-order valence-electron chi connectivity index (χ2n) is 8.41. The number of carboxylic acid groups (broad SMARTS) is 5. The maximum absolute atomic E-state index is 11.4. The van der Waals surface area contributed by atoms with Crippen LogP contribution < -0.4 is 0 Å². The van der Waals surface area contributed by atoms with Crippen LogP contribution in [0, 0.1) is 5.92 Å². The molecule has 1 aliphatic rings. The highest BCUT2D eigenvalue weighted by Crippen LogP contribution is 2.11. The van der Waals surface area contributed by atoms with E-state index < -0.39 is 35.8 Å². The molecule has 1 aliphatic heterocycles. The Hall–Kier alpha value is -2.81. The topological polar surface area (TPSA) is 199 Å². The number of hydrogen-bond donors (Lipinski definition) is 5. The van der Waals surface area contributed by atoms with Crippen LogP contribution in [0.5, 0.6) is 0 Å². The van der Waals surface area contributed by atoms with Crippen molar-refractivity contribution < 1.29 is 49.5 Å². The lowest BCUT2D eigenvalue weighted by atomic mass is 10.0. The van der Waals surface area contributed by atoms with Crippen LogP contribution in [0.25, 0.3) is 0 Å². The van der Waals surface area contributed by atoms with Crippen LogP contribution >= 0.6 is 0 Å². The van der Waals surface area contributed by atoms with Crippen molar-refractivity contribution in [2.75, 3.05) is 78.5 Å². The molecule has 0 aromatic rings. The van der Waals surface area contributed by atoms with Crippen molar-refractivity contribution in [1.82, 2.24) is 19.6 Å². The Morgan fingerprint density at radius 1 is 0.500 bits per heavy atom. The van der Waals surface area contributed by atoms with Crippen LogP contribution in [0.4, 0.5) is 0 Å². The van der Waals surface area contributed by atoms with Gasteiger partial charge >= 0.3 is 29.8 Å². The van der Waals surface area contributed by atoms with Gasteiger partial charge in [0.25, 0.3) is 0 Å². The number of carboxylic acids is 5. The van der Waals surface area contributed by atoms with Gasteiger partial charge in [-0.2, -0.15) is 0 Å². The predicted octanol–water partition coefficient (Wildman–Crippen LogP) is -1.97. The molecule has 0 aromatic heterocycles. The molecule has 14 heteroatoms. The van der Waals surface area contributed by atoms with Crippen LogP contribution in [-0.4, -0.2) is 154 Å². The van der Waals surface area contributed by atoms with E-state index in [-0.39, 0.29) is 71.9 Å². The summed E-state index contributed by atoms with van der Waals surface area (Å²) in [6.45, 7) is 0.292. The van der Waals surface area contributed by atoms with Crippen molar-refractivity contribution in [2.45, 2.75) is 12.8 Å². The second kappa shape index (κ2) is 15.2. The monoisotopic (exact) mass is 490 g/mol. The van der Waals surface area contributed by atoms with Crippen LogP contribution in [0.2, 0.25) is 0 Å². The average molecular weight is 491 g/mol. The summed E-state index contributed by atoms with van der Waals surface area (Å²) in [4.78, 5) is 63.0. The van der Waals surface area contributed by atoms with Crippen LogP contribution in [-0.2, 0) is 24.0 Å². The lowest BCUT2D eigenvalue weighted by Gasteiger charge is -2.33. The quantitative estimate of drug-likeness (QED) is 0.226. The lowest BCUT2D eigenvalue weighted by molar-refractivity contribution is -0.141. The molecule has 0 unspecified atom stereocenters. The third-order valence-corrected chi connectivity index (χ3v) is 5.35. The minimum Gasteiger partial charge on any atom is -0.481 e. The van der Waals surface area contributed by atoms with Crippen molar-refractivity contribution in [3.63, 3.8) is 0 Å². The van der Waals surface area contributed by atoms with Crippen molar-refractivity contribution >= 4 is 29.8 Å². The van der Waals surface area contributed by atoms with Gasteiger partial charge in [0.2, 0.25) is 0 Å². The fraction of sp³-hybridized carbons (Fsp3) is 0.750. The maximum Gasteiger partial charge on any atom is 0.317 e. The van der Waals surface area contributed by atoms with E-state index in [0.29, 0.717) is 19.5 Å². The summed E-state index contributed by atoms with van der Waals surface area (Å²) in [5.41, 5.74) is 0. The van der Waals surface area contributed by atoms with E-state index >= 15 is 0 Å². The molecule has 194 valence electrons. The molecule has 1 saturated heterocycles. The Morgan fingerprint density at radius 2 is 0.824 bits per heavy atom. The van der Waals surface area contributed by atoms with E-state index in [1.165, 1.54) is 9.80 Å². The summed E-state index contributed by atoms with van der Waals surface area (Å²) in [6.07, 6.45) is 0.143. The molecule has 5 N–H and O–H groups in total. The van der Waals surface area contributed by atoms with Gasteiger partial charge < -0.3 is 25.5 Å². The molecule has 0 spiro atoms. The highest BCUT2D eigenvalue weighted by Gasteiger charge is 2.25. The summed E-state index contributed by atoms with van der Waals surface area (Å²) >= 11 is 0. The Kier molecular flexibility index (Phi) is 13.0. The standard InChI is InChI=1S/C20H34N4O10/c25-16(26)8-15-9-23(13-19(31)32)6-4-21(11-17(27)28)2-1-3-22(12-18(29)30)5-7-24(10-15)14-20(33)34/h15H,1-14H2,(H,25,26)(H,27,28)(H,29,30)(H,31,32)(H,33,34). The first-order chi connectivity index (χ1) is 15.9. The molecular formula is C20H34N4O10. The summed E-state index contributed by atoms with van der Waals surface area (Å²) < 4.78 is 0. The second-order valence-corrected chi connectivity index (χ2v) is 8.41. The smallest absolute Gasteiger partial charge is 0.317 e. The molecule has 0 aliphatic carbocycles. The molecule has 0 atom stereocenters. The van der Waals surface area contributed by atoms with E-state index in [9.17, 15) is 49.5 Å². The van der Waals surface area contributed by atoms with Crippen molar-refractivity contribution in [1.29, 1.82) is 0 Å². The molecular weight excluding hydrogens is 456 g/mol. The Bertz CT molecular complexity index is 669. The zero-order valence-electron chi connectivity index (χ0n) is 19.0. The Morgan fingerprint density at radius 3 is 1.15 bits per heavy atom. The number of carbonyl (C=O) groups is 5. The first-order valence-electron chi connectivity index (χ1n) is 10.9. The van der Waals surface area contributed by atoms with Gasteiger partial charge in [-0.25, -0.2) is 0 Å². The van der Waals surface area contributed by atoms with E-state index in [4.69, 9.17) is 0 Å². The Balaban J connectivity index is 3.16. The Labute approximate surface area is 196 Å². The van der Waals surface area contributed by atoms with Crippen molar-refractivity contribution in [2.24, 2.45) is 5.92 Å². The number of nitrogens with zero attached hydrogens (tertiary/aromatic N) is 4. The van der Waals surface area contributed by atoms with Gasteiger partial charge in [-0.15, -0.1) is 0 Å². The summed E-state index contributed by atoms with van der Waals surface area (Å²) in [5.74, 6) is -6.06. The van der Waals surface area contributed by atoms with Crippen LogP contribution in [0.1, 0.15) is 12.8 Å². The largest absolute Gasteiger partial charge is 0.481 e. The van der Waals surface area contributed by atoms with Gasteiger partial charge in [0.1, 0.15) is 0 Å². The zero-order valence-corrected chi connectivity index (χ0v) is 19.0. The van der Waals surface area contributed by atoms with Crippen LogP contribution in [0.3, 0.4) is 0 Å². The number of hydrogen-bond acceptors (Lipinski definition) is 9. The van der Waals surface area contributed by atoms with Crippen LogP contribution in [0.15, 0.2) is 0 Å². The average Bonchev–Trinajstić information content (AvgIpc) is 2.66. The SMILES string of the molecule is O=C(O)CC1CN(CC(=O)O)CCN(CC(=O)O)CCCN(CC(=O)O)CCN(CC(=O)O)C1. The van der Waals surface area contributed by atoms with Crippen molar-refractivity contribution in [3.8, 4) is 0 Å². The van der Waals surface area contributed by atoms with E-state index in [1.54, 1.807) is 9.80 Å². The van der Waals surface area contributed by atoms with Gasteiger partial charge in [-0.1, -0.05) is 0 Å². The normalized spacial score (nSPS) is 19.3. The maximum atomic E-state index is 11.4. The molecule has 34 heavy (non-hydrogen) atoms. The molecule has 1 heterocycles. The zero-order chi connectivity index (χ0) is 25.7.